The first kappa shape index (κ1) is 19.4. The van der Waals surface area contributed by atoms with Gasteiger partial charge in [0.25, 0.3) is 0 Å². The highest BCUT2D eigenvalue weighted by Gasteiger charge is 2.31. The summed E-state index contributed by atoms with van der Waals surface area (Å²) in [7, 11) is 0. The van der Waals surface area contributed by atoms with Crippen molar-refractivity contribution in [2.24, 2.45) is 5.92 Å². The molecule has 150 valence electrons. The van der Waals surface area contributed by atoms with E-state index in [1.54, 1.807) is 6.92 Å². The predicted octanol–water partition coefficient (Wildman–Crippen LogP) is 3.96. The van der Waals surface area contributed by atoms with Gasteiger partial charge in [-0.25, -0.2) is 14.4 Å². The topological polar surface area (TPSA) is 52.5 Å². The second-order valence-electron chi connectivity index (χ2n) is 7.76. The molecule has 2 aliphatic rings. The summed E-state index contributed by atoms with van der Waals surface area (Å²) in [5, 5.41) is 11.9. The minimum atomic E-state index is -0.518. The molecule has 2 aromatic rings. The Labute approximate surface area is 170 Å². The molecule has 3 heterocycles. The molecule has 5 nitrogen and oxygen atoms in total. The molecule has 1 unspecified atom stereocenters. The number of fused-ring (bicyclic) bond motifs is 1. The molecule has 1 aromatic heterocycles. The van der Waals surface area contributed by atoms with E-state index in [9.17, 15) is 9.50 Å². The summed E-state index contributed by atoms with van der Waals surface area (Å²) in [5.74, 6) is 0.370. The molecule has 2 aliphatic heterocycles. The number of aliphatic hydroxyl groups excluding tert-OH is 1. The number of aromatic nitrogens is 2. The summed E-state index contributed by atoms with van der Waals surface area (Å²) in [4.78, 5) is 12.6. The van der Waals surface area contributed by atoms with Crippen LogP contribution in [-0.2, 0) is 6.42 Å². The summed E-state index contributed by atoms with van der Waals surface area (Å²) in [6.07, 6.45) is 5.58. The maximum atomic E-state index is 13.4. The highest BCUT2D eigenvalue weighted by atomic mass is 35.5. The van der Waals surface area contributed by atoms with Crippen LogP contribution in [0.15, 0.2) is 24.4 Å². The molecule has 1 N–H and O–H groups in total. The molecule has 28 heavy (non-hydrogen) atoms. The molecule has 1 saturated heterocycles. The van der Waals surface area contributed by atoms with Crippen molar-refractivity contribution in [1.82, 2.24) is 9.97 Å². The molecule has 0 saturated carbocycles. The summed E-state index contributed by atoms with van der Waals surface area (Å²) >= 11 is 6.18. The molecular weight excluding hydrogens is 379 g/mol. The number of aryl methyl sites for hydroxylation is 2. The Hall–Kier alpha value is -1.92. The number of piperidine rings is 1. The standard InChI is InChI=1S/C21H26ClFN4O/c1-14-18(23)13-24-21(25-14)26-10-7-15(8-11-26)20(28)27-9-3-2-4-16-12-17(22)5-6-19(16)27/h5-6,12-13,15,20,28H,2-4,7-11H2,1H3. The van der Waals surface area contributed by atoms with Gasteiger partial charge in [-0.2, -0.15) is 0 Å². The molecule has 0 radical (unpaired) electrons. The zero-order valence-corrected chi connectivity index (χ0v) is 16.9. The minimum absolute atomic E-state index is 0.180. The Balaban J connectivity index is 1.45. The molecule has 1 atom stereocenters. The first-order chi connectivity index (χ1) is 13.5. The Morgan fingerprint density at radius 3 is 2.75 bits per heavy atom. The smallest absolute Gasteiger partial charge is 0.225 e. The van der Waals surface area contributed by atoms with Crippen LogP contribution in [0.25, 0.3) is 0 Å². The number of rotatable bonds is 3. The number of halogens is 2. The monoisotopic (exact) mass is 404 g/mol. The SMILES string of the molecule is Cc1nc(N2CCC(C(O)N3CCCCc4cc(Cl)ccc43)CC2)ncc1F. The molecule has 1 aromatic carbocycles. The van der Waals surface area contributed by atoms with E-state index in [4.69, 9.17) is 11.6 Å². The number of aliphatic hydroxyl groups is 1. The zero-order valence-electron chi connectivity index (χ0n) is 16.1. The van der Waals surface area contributed by atoms with E-state index in [0.717, 1.165) is 62.4 Å². The van der Waals surface area contributed by atoms with Crippen LogP contribution in [0.1, 0.15) is 36.9 Å². The molecule has 0 aliphatic carbocycles. The van der Waals surface area contributed by atoms with Crippen molar-refractivity contribution in [2.75, 3.05) is 29.4 Å². The van der Waals surface area contributed by atoms with Crippen LogP contribution in [0, 0.1) is 18.7 Å². The van der Waals surface area contributed by atoms with E-state index in [0.29, 0.717) is 11.6 Å². The van der Waals surface area contributed by atoms with Gasteiger partial charge in [-0.15, -0.1) is 0 Å². The van der Waals surface area contributed by atoms with Crippen molar-refractivity contribution >= 4 is 23.2 Å². The van der Waals surface area contributed by atoms with Gasteiger partial charge in [0.1, 0.15) is 6.23 Å². The van der Waals surface area contributed by atoms with Crippen molar-refractivity contribution in [1.29, 1.82) is 0 Å². The van der Waals surface area contributed by atoms with Crippen LogP contribution in [0.4, 0.5) is 16.0 Å². The fourth-order valence-corrected chi connectivity index (χ4v) is 4.47. The van der Waals surface area contributed by atoms with Gasteiger partial charge in [-0.3, -0.25) is 0 Å². The maximum absolute atomic E-state index is 13.4. The lowest BCUT2D eigenvalue weighted by Gasteiger charge is -2.39. The third-order valence-corrected chi connectivity index (χ3v) is 6.15. The van der Waals surface area contributed by atoms with Gasteiger partial charge in [0.05, 0.1) is 11.9 Å². The van der Waals surface area contributed by atoms with Crippen LogP contribution in [0.2, 0.25) is 5.02 Å². The Morgan fingerprint density at radius 2 is 2.00 bits per heavy atom. The van der Waals surface area contributed by atoms with E-state index >= 15 is 0 Å². The van der Waals surface area contributed by atoms with Gasteiger partial charge >= 0.3 is 0 Å². The van der Waals surface area contributed by atoms with E-state index in [1.165, 1.54) is 11.8 Å². The van der Waals surface area contributed by atoms with Crippen molar-refractivity contribution in [3.8, 4) is 0 Å². The van der Waals surface area contributed by atoms with Gasteiger partial charge in [0.15, 0.2) is 5.82 Å². The van der Waals surface area contributed by atoms with Gasteiger partial charge < -0.3 is 14.9 Å². The zero-order chi connectivity index (χ0) is 19.7. The molecule has 4 rings (SSSR count). The Morgan fingerprint density at radius 1 is 1.21 bits per heavy atom. The van der Waals surface area contributed by atoms with Crippen LogP contribution in [0.5, 0.6) is 0 Å². The van der Waals surface area contributed by atoms with Gasteiger partial charge in [-0.1, -0.05) is 11.6 Å². The number of hydrogen-bond acceptors (Lipinski definition) is 5. The average molecular weight is 405 g/mol. The fourth-order valence-electron chi connectivity index (χ4n) is 4.27. The third kappa shape index (κ3) is 3.94. The quantitative estimate of drug-likeness (QED) is 0.839. The molecule has 7 heteroatoms. The van der Waals surface area contributed by atoms with Crippen LogP contribution < -0.4 is 9.80 Å². The average Bonchev–Trinajstić information content (AvgIpc) is 2.91. The summed E-state index contributed by atoms with van der Waals surface area (Å²) in [6, 6.07) is 5.97. The minimum Gasteiger partial charge on any atom is -0.373 e. The molecule has 0 bridgehead atoms. The molecule has 0 amide bonds. The number of nitrogens with zero attached hydrogens (tertiary/aromatic N) is 4. The first-order valence-electron chi connectivity index (χ1n) is 10.00. The Kier molecular flexibility index (Phi) is 5.69. The second-order valence-corrected chi connectivity index (χ2v) is 8.20. The highest BCUT2D eigenvalue weighted by Crippen LogP contribution is 2.34. The largest absolute Gasteiger partial charge is 0.373 e. The molecular formula is C21H26ClFN4O. The lowest BCUT2D eigenvalue weighted by Crippen LogP contribution is -2.46. The van der Waals surface area contributed by atoms with E-state index in [2.05, 4.69) is 19.8 Å². The van der Waals surface area contributed by atoms with Gasteiger partial charge in [-0.05, 0) is 62.8 Å². The van der Waals surface area contributed by atoms with Crippen molar-refractivity contribution in [3.63, 3.8) is 0 Å². The molecule has 1 fully saturated rings. The second kappa shape index (κ2) is 8.21. The van der Waals surface area contributed by atoms with Crippen LogP contribution >= 0.6 is 11.6 Å². The lowest BCUT2D eigenvalue weighted by molar-refractivity contribution is 0.0883. The summed E-state index contributed by atoms with van der Waals surface area (Å²) in [6.45, 7) is 4.03. The maximum Gasteiger partial charge on any atom is 0.225 e. The van der Waals surface area contributed by atoms with E-state index < -0.39 is 6.23 Å². The number of benzene rings is 1. The number of hydrogen-bond donors (Lipinski definition) is 1. The molecule has 0 spiro atoms. The van der Waals surface area contributed by atoms with Crippen LogP contribution in [0.3, 0.4) is 0 Å². The number of anilines is 2. The van der Waals surface area contributed by atoms with E-state index in [1.807, 2.05) is 18.2 Å². The van der Waals surface area contributed by atoms with Crippen LogP contribution in [-0.4, -0.2) is 40.9 Å². The normalized spacial score (nSPS) is 19.3. The summed E-state index contributed by atoms with van der Waals surface area (Å²) < 4.78 is 13.4. The van der Waals surface area contributed by atoms with Gasteiger partial charge in [0, 0.05) is 36.3 Å². The van der Waals surface area contributed by atoms with E-state index in [-0.39, 0.29) is 11.7 Å². The highest BCUT2D eigenvalue weighted by molar-refractivity contribution is 6.30. The fraction of sp³-hybridized carbons (Fsp3) is 0.524. The van der Waals surface area contributed by atoms with Crippen molar-refractivity contribution in [2.45, 2.75) is 45.3 Å². The third-order valence-electron chi connectivity index (χ3n) is 5.92. The van der Waals surface area contributed by atoms with Crippen molar-refractivity contribution < 1.29 is 9.50 Å². The lowest BCUT2D eigenvalue weighted by atomic mass is 9.94. The predicted molar refractivity (Wildman–Crippen MR) is 109 cm³/mol. The first-order valence-corrected chi connectivity index (χ1v) is 10.4. The summed E-state index contributed by atoms with van der Waals surface area (Å²) in [5.41, 5.74) is 2.69. The van der Waals surface area contributed by atoms with Crippen molar-refractivity contribution in [3.05, 3.63) is 46.5 Å². The Bertz CT molecular complexity index is 841. The van der Waals surface area contributed by atoms with Gasteiger partial charge in [0.2, 0.25) is 5.95 Å².